The number of esters is 1. The molecule has 0 spiro atoms. The molecule has 1 aliphatic rings. The summed E-state index contributed by atoms with van der Waals surface area (Å²) in [6, 6.07) is 5.33. The van der Waals surface area contributed by atoms with Gasteiger partial charge in [-0.15, -0.1) is 11.8 Å². The second-order valence-electron chi connectivity index (χ2n) is 4.27. The Morgan fingerprint density at radius 2 is 2.12 bits per heavy atom. The maximum absolute atomic E-state index is 11.4. The van der Waals surface area contributed by atoms with Crippen LogP contribution < -0.4 is 5.73 Å². The van der Waals surface area contributed by atoms with Crippen LogP contribution in [0.15, 0.2) is 23.1 Å². The van der Waals surface area contributed by atoms with Crippen molar-refractivity contribution in [3.05, 3.63) is 23.8 Å². The van der Waals surface area contributed by atoms with Gasteiger partial charge in [-0.05, 0) is 31.0 Å². The van der Waals surface area contributed by atoms with Crippen molar-refractivity contribution >= 4 is 23.4 Å². The van der Waals surface area contributed by atoms with E-state index in [4.69, 9.17) is 10.5 Å². The zero-order valence-electron chi connectivity index (χ0n) is 9.94. The molecule has 1 saturated carbocycles. The van der Waals surface area contributed by atoms with Gasteiger partial charge in [0.15, 0.2) is 0 Å². The number of nitrogens with two attached hydrogens (primary N) is 1. The van der Waals surface area contributed by atoms with E-state index in [-0.39, 0.29) is 5.97 Å². The third-order valence-corrected chi connectivity index (χ3v) is 4.44. The molecule has 0 saturated heterocycles. The van der Waals surface area contributed by atoms with E-state index in [1.54, 1.807) is 23.9 Å². The number of nitrogen functional groups attached to an aromatic ring is 1. The molecule has 0 unspecified atom stereocenters. The first-order chi connectivity index (χ1) is 8.20. The summed E-state index contributed by atoms with van der Waals surface area (Å²) in [5, 5.41) is 0.644. The summed E-state index contributed by atoms with van der Waals surface area (Å²) >= 11 is 1.79. The highest BCUT2D eigenvalue weighted by atomic mass is 32.2. The van der Waals surface area contributed by atoms with Crippen molar-refractivity contribution in [2.75, 3.05) is 12.8 Å². The molecule has 17 heavy (non-hydrogen) atoms. The van der Waals surface area contributed by atoms with Gasteiger partial charge in [0, 0.05) is 15.8 Å². The molecule has 0 bridgehead atoms. The second-order valence-corrected chi connectivity index (χ2v) is 5.61. The number of ether oxygens (including phenoxy) is 1. The van der Waals surface area contributed by atoms with Gasteiger partial charge in [-0.3, -0.25) is 0 Å². The van der Waals surface area contributed by atoms with Crippen LogP contribution in [0.1, 0.15) is 36.0 Å². The highest BCUT2D eigenvalue weighted by molar-refractivity contribution is 8.00. The molecule has 0 aromatic heterocycles. The Balaban J connectivity index is 2.16. The number of benzene rings is 1. The number of hydrogen-bond donors (Lipinski definition) is 1. The first kappa shape index (κ1) is 12.3. The van der Waals surface area contributed by atoms with Crippen LogP contribution >= 0.6 is 11.8 Å². The van der Waals surface area contributed by atoms with Crippen LogP contribution in [0.2, 0.25) is 0 Å². The molecule has 0 aliphatic heterocycles. The SMILES string of the molecule is COC(=O)c1ccc(N)c(SC2CCCC2)c1. The predicted molar refractivity (Wildman–Crippen MR) is 70.3 cm³/mol. The fraction of sp³-hybridized carbons (Fsp3) is 0.462. The normalized spacial score (nSPS) is 16.1. The summed E-state index contributed by atoms with van der Waals surface area (Å²) in [7, 11) is 1.39. The highest BCUT2D eigenvalue weighted by Crippen LogP contribution is 2.37. The van der Waals surface area contributed by atoms with Crippen molar-refractivity contribution < 1.29 is 9.53 Å². The van der Waals surface area contributed by atoms with Gasteiger partial charge in [-0.1, -0.05) is 12.8 Å². The van der Waals surface area contributed by atoms with Gasteiger partial charge in [-0.25, -0.2) is 4.79 Å². The first-order valence-electron chi connectivity index (χ1n) is 5.85. The Kier molecular flexibility index (Phi) is 3.94. The highest BCUT2D eigenvalue weighted by Gasteiger charge is 2.18. The topological polar surface area (TPSA) is 52.3 Å². The number of hydrogen-bond acceptors (Lipinski definition) is 4. The molecule has 2 rings (SSSR count). The molecule has 2 N–H and O–H groups in total. The molecule has 1 aromatic rings. The largest absolute Gasteiger partial charge is 0.465 e. The van der Waals surface area contributed by atoms with Crippen LogP contribution in [0, 0.1) is 0 Å². The zero-order chi connectivity index (χ0) is 12.3. The smallest absolute Gasteiger partial charge is 0.337 e. The minimum absolute atomic E-state index is 0.307. The van der Waals surface area contributed by atoms with Gasteiger partial charge in [0.2, 0.25) is 0 Å². The Bertz CT molecular complexity index is 414. The molecule has 4 heteroatoms. The maximum atomic E-state index is 11.4. The van der Waals surface area contributed by atoms with Crippen LogP contribution in [0.5, 0.6) is 0 Å². The lowest BCUT2D eigenvalue weighted by Gasteiger charge is -2.11. The average molecular weight is 251 g/mol. The number of carbonyl (C=O) groups excluding carboxylic acids is 1. The van der Waals surface area contributed by atoms with E-state index in [9.17, 15) is 4.79 Å². The number of anilines is 1. The van der Waals surface area contributed by atoms with Gasteiger partial charge in [-0.2, -0.15) is 0 Å². The van der Waals surface area contributed by atoms with Crippen molar-refractivity contribution in [3.8, 4) is 0 Å². The standard InChI is InChI=1S/C13H17NO2S/c1-16-13(15)9-6-7-11(14)12(8-9)17-10-4-2-3-5-10/h6-8,10H,2-5,14H2,1H3. The Morgan fingerprint density at radius 1 is 1.41 bits per heavy atom. The van der Waals surface area contributed by atoms with Crippen LogP contribution in [0.4, 0.5) is 5.69 Å². The molecular weight excluding hydrogens is 234 g/mol. The van der Waals surface area contributed by atoms with Gasteiger partial charge in [0.1, 0.15) is 0 Å². The monoisotopic (exact) mass is 251 g/mol. The van der Waals surface area contributed by atoms with Crippen LogP contribution in [-0.2, 0) is 4.74 Å². The summed E-state index contributed by atoms with van der Waals surface area (Å²) in [5.41, 5.74) is 7.25. The van der Waals surface area contributed by atoms with E-state index in [0.717, 1.165) is 10.6 Å². The van der Waals surface area contributed by atoms with E-state index in [2.05, 4.69) is 0 Å². The maximum Gasteiger partial charge on any atom is 0.337 e. The van der Waals surface area contributed by atoms with Gasteiger partial charge in [0.05, 0.1) is 12.7 Å². The van der Waals surface area contributed by atoms with Gasteiger partial charge < -0.3 is 10.5 Å². The third kappa shape index (κ3) is 2.94. The van der Waals surface area contributed by atoms with E-state index in [1.807, 2.05) is 6.07 Å². The molecule has 1 aliphatic carbocycles. The van der Waals surface area contributed by atoms with Crippen molar-refractivity contribution in [1.82, 2.24) is 0 Å². The molecule has 1 fully saturated rings. The molecule has 0 amide bonds. The summed E-state index contributed by atoms with van der Waals surface area (Å²) in [6.45, 7) is 0. The predicted octanol–water partition coefficient (Wildman–Crippen LogP) is 3.09. The number of methoxy groups -OCH3 is 1. The zero-order valence-corrected chi connectivity index (χ0v) is 10.8. The van der Waals surface area contributed by atoms with E-state index < -0.39 is 0 Å². The van der Waals surface area contributed by atoms with Crippen molar-refractivity contribution in [3.63, 3.8) is 0 Å². The summed E-state index contributed by atoms with van der Waals surface area (Å²) in [6.07, 6.45) is 5.08. The molecule has 3 nitrogen and oxygen atoms in total. The molecule has 0 radical (unpaired) electrons. The lowest BCUT2D eigenvalue weighted by molar-refractivity contribution is 0.0600. The van der Waals surface area contributed by atoms with Gasteiger partial charge in [0.25, 0.3) is 0 Å². The molecule has 1 aromatic carbocycles. The summed E-state index contributed by atoms with van der Waals surface area (Å²) in [5.74, 6) is -0.307. The third-order valence-electron chi connectivity index (χ3n) is 3.03. The number of thioether (sulfide) groups is 1. The van der Waals surface area contributed by atoms with Crippen LogP contribution in [0.25, 0.3) is 0 Å². The van der Waals surface area contributed by atoms with Crippen LogP contribution in [-0.4, -0.2) is 18.3 Å². The first-order valence-corrected chi connectivity index (χ1v) is 6.73. The Hall–Kier alpha value is -1.16. The molecular formula is C13H17NO2S. The van der Waals surface area contributed by atoms with E-state index in [0.29, 0.717) is 10.8 Å². The van der Waals surface area contributed by atoms with Gasteiger partial charge >= 0.3 is 5.97 Å². The minimum atomic E-state index is -0.307. The fourth-order valence-corrected chi connectivity index (χ4v) is 3.39. The van der Waals surface area contributed by atoms with E-state index in [1.165, 1.54) is 32.8 Å². The fourth-order valence-electron chi connectivity index (χ4n) is 2.07. The lowest BCUT2D eigenvalue weighted by atomic mass is 10.2. The second kappa shape index (κ2) is 5.45. The minimum Gasteiger partial charge on any atom is -0.465 e. The Labute approximate surface area is 106 Å². The molecule has 0 heterocycles. The van der Waals surface area contributed by atoms with Crippen LogP contribution in [0.3, 0.4) is 0 Å². The van der Waals surface area contributed by atoms with Crippen molar-refractivity contribution in [2.24, 2.45) is 0 Å². The summed E-state index contributed by atoms with van der Waals surface area (Å²) < 4.78 is 4.71. The number of rotatable bonds is 3. The molecule has 92 valence electrons. The lowest BCUT2D eigenvalue weighted by Crippen LogP contribution is -2.03. The number of carbonyl (C=O) groups is 1. The quantitative estimate of drug-likeness (QED) is 0.662. The molecule has 0 atom stereocenters. The Morgan fingerprint density at radius 3 is 2.76 bits per heavy atom. The van der Waals surface area contributed by atoms with Crippen molar-refractivity contribution in [1.29, 1.82) is 0 Å². The summed E-state index contributed by atoms with van der Waals surface area (Å²) in [4.78, 5) is 12.4. The average Bonchev–Trinajstić information content (AvgIpc) is 2.84. The van der Waals surface area contributed by atoms with Crippen molar-refractivity contribution in [2.45, 2.75) is 35.8 Å². The van der Waals surface area contributed by atoms with E-state index >= 15 is 0 Å².